The number of hydrogen-bond donors (Lipinski definition) is 1. The molecule has 0 unspecified atom stereocenters. The van der Waals surface area contributed by atoms with E-state index in [-0.39, 0.29) is 16.1 Å². The molecule has 7 nitrogen and oxygen atoms in total. The quantitative estimate of drug-likeness (QED) is 0.660. The van der Waals surface area contributed by atoms with Crippen molar-refractivity contribution < 1.29 is 17.9 Å². The first kappa shape index (κ1) is 23.4. The van der Waals surface area contributed by atoms with Gasteiger partial charge in [0.05, 0.1) is 10.6 Å². The van der Waals surface area contributed by atoms with Crippen molar-refractivity contribution in [3.8, 4) is 5.75 Å². The van der Waals surface area contributed by atoms with Gasteiger partial charge in [-0.1, -0.05) is 18.5 Å². The lowest BCUT2D eigenvalue weighted by Gasteiger charge is -2.33. The molecule has 172 valence electrons. The molecule has 0 aliphatic carbocycles. The van der Waals surface area contributed by atoms with Crippen LogP contribution < -0.4 is 10.1 Å². The molecule has 0 aromatic heterocycles. The topological polar surface area (TPSA) is 79.0 Å². The second-order valence-corrected chi connectivity index (χ2v) is 11.7. The monoisotopic (exact) mass is 495 g/mol. The van der Waals surface area contributed by atoms with Crippen LogP contribution in [0.1, 0.15) is 13.3 Å². The highest BCUT2D eigenvalue weighted by Crippen LogP contribution is 2.36. The van der Waals surface area contributed by atoms with Crippen LogP contribution >= 0.6 is 23.4 Å². The summed E-state index contributed by atoms with van der Waals surface area (Å²) in [6.07, 6.45) is 0.408. The summed E-state index contributed by atoms with van der Waals surface area (Å²) in [5.74, 6) is 0.672. The number of rotatable bonds is 6. The van der Waals surface area contributed by atoms with Crippen LogP contribution in [0.15, 0.2) is 52.3 Å². The van der Waals surface area contributed by atoms with Crippen LogP contribution in [0.2, 0.25) is 5.02 Å². The highest BCUT2D eigenvalue weighted by molar-refractivity contribution is 8.00. The van der Waals surface area contributed by atoms with E-state index < -0.39 is 10.0 Å². The van der Waals surface area contributed by atoms with Gasteiger partial charge >= 0.3 is 0 Å². The molecule has 1 fully saturated rings. The Labute approximate surface area is 198 Å². The van der Waals surface area contributed by atoms with Crippen molar-refractivity contribution in [1.29, 1.82) is 0 Å². The molecule has 0 radical (unpaired) electrons. The third-order valence-electron chi connectivity index (χ3n) is 5.49. The molecular formula is C22H26ClN3O4S2. The van der Waals surface area contributed by atoms with E-state index in [1.807, 2.05) is 19.1 Å². The number of fused-ring (bicyclic) bond motifs is 1. The van der Waals surface area contributed by atoms with Gasteiger partial charge in [0.25, 0.3) is 0 Å². The first-order chi connectivity index (χ1) is 15.3. The molecule has 1 amide bonds. The van der Waals surface area contributed by atoms with Gasteiger partial charge in [-0.25, -0.2) is 8.42 Å². The average Bonchev–Trinajstić information content (AvgIpc) is 2.91. The predicted octanol–water partition coefficient (Wildman–Crippen LogP) is 3.55. The van der Waals surface area contributed by atoms with Crippen LogP contribution in [0.5, 0.6) is 5.75 Å². The summed E-state index contributed by atoms with van der Waals surface area (Å²) in [4.78, 5) is 15.3. The molecule has 0 bridgehead atoms. The SMILES string of the molecule is C[C@@H]1CC(=O)Nc2cc(S(=O)(=O)N3CCN(CCOc4ccc(Cl)cc4)CC3)ccc2S1. The van der Waals surface area contributed by atoms with Gasteiger partial charge in [-0.05, 0) is 42.5 Å². The van der Waals surface area contributed by atoms with E-state index in [0.717, 1.165) is 17.2 Å². The summed E-state index contributed by atoms with van der Waals surface area (Å²) < 4.78 is 33.6. The van der Waals surface area contributed by atoms with Gasteiger partial charge < -0.3 is 10.1 Å². The minimum Gasteiger partial charge on any atom is -0.492 e. The molecule has 2 aromatic carbocycles. The molecule has 0 spiro atoms. The summed E-state index contributed by atoms with van der Waals surface area (Å²) in [7, 11) is -3.63. The van der Waals surface area contributed by atoms with E-state index in [9.17, 15) is 13.2 Å². The number of anilines is 1. The lowest BCUT2D eigenvalue weighted by Crippen LogP contribution is -2.49. The first-order valence-electron chi connectivity index (χ1n) is 10.5. The molecular weight excluding hydrogens is 470 g/mol. The van der Waals surface area contributed by atoms with Crippen molar-refractivity contribution in [3.05, 3.63) is 47.5 Å². The van der Waals surface area contributed by atoms with E-state index in [0.29, 0.717) is 49.9 Å². The minimum atomic E-state index is -3.63. The Morgan fingerprint density at radius 1 is 1.12 bits per heavy atom. The lowest BCUT2D eigenvalue weighted by molar-refractivity contribution is -0.116. The van der Waals surface area contributed by atoms with Crippen molar-refractivity contribution >= 4 is 45.0 Å². The Hall–Kier alpha value is -1.78. The summed E-state index contributed by atoms with van der Waals surface area (Å²) in [5, 5.41) is 3.66. The maximum absolute atomic E-state index is 13.2. The fourth-order valence-electron chi connectivity index (χ4n) is 3.76. The molecule has 1 N–H and O–H groups in total. The largest absolute Gasteiger partial charge is 0.492 e. The second-order valence-electron chi connectivity index (χ2n) is 7.89. The number of nitrogens with zero attached hydrogens (tertiary/aromatic N) is 2. The summed E-state index contributed by atoms with van der Waals surface area (Å²) in [5.41, 5.74) is 0.573. The number of carbonyl (C=O) groups excluding carboxylic acids is 1. The molecule has 1 atom stereocenters. The fraction of sp³-hybridized carbons (Fsp3) is 0.409. The average molecular weight is 496 g/mol. The Balaban J connectivity index is 1.33. The number of halogens is 1. The number of amides is 1. The lowest BCUT2D eigenvalue weighted by atomic mass is 10.3. The Bertz CT molecular complexity index is 1070. The van der Waals surface area contributed by atoms with Crippen molar-refractivity contribution in [1.82, 2.24) is 9.21 Å². The molecule has 2 aliphatic rings. The number of carbonyl (C=O) groups is 1. The Kier molecular flexibility index (Phi) is 7.31. The smallest absolute Gasteiger partial charge is 0.243 e. The minimum absolute atomic E-state index is 0.0901. The molecule has 2 heterocycles. The Morgan fingerprint density at radius 3 is 2.56 bits per heavy atom. The Morgan fingerprint density at radius 2 is 1.84 bits per heavy atom. The number of benzene rings is 2. The first-order valence-corrected chi connectivity index (χ1v) is 13.2. The van der Waals surface area contributed by atoms with E-state index in [1.165, 1.54) is 4.31 Å². The maximum Gasteiger partial charge on any atom is 0.243 e. The van der Waals surface area contributed by atoms with E-state index >= 15 is 0 Å². The number of piperazine rings is 1. The van der Waals surface area contributed by atoms with Crippen molar-refractivity contribution in [2.75, 3.05) is 44.6 Å². The number of sulfonamides is 1. The summed E-state index contributed by atoms with van der Waals surface area (Å²) >= 11 is 7.46. The molecule has 0 saturated carbocycles. The third kappa shape index (κ3) is 5.58. The third-order valence-corrected chi connectivity index (χ3v) is 8.81. The standard InChI is InChI=1S/C22H26ClN3O4S2/c1-16-14-22(27)24-20-15-19(6-7-21(20)31-16)32(28,29)26-10-8-25(9-11-26)12-13-30-18-4-2-17(23)3-5-18/h2-7,15-16H,8-14H2,1H3,(H,24,27)/t16-/m1/s1. The van der Waals surface area contributed by atoms with Crippen LogP contribution in [0, 0.1) is 0 Å². The van der Waals surface area contributed by atoms with E-state index in [2.05, 4.69) is 10.2 Å². The fourth-order valence-corrected chi connectivity index (χ4v) is 6.38. The number of thioether (sulfide) groups is 1. The van der Waals surface area contributed by atoms with Crippen LogP contribution in [0.4, 0.5) is 5.69 Å². The van der Waals surface area contributed by atoms with Crippen molar-refractivity contribution in [2.45, 2.75) is 28.4 Å². The molecule has 10 heteroatoms. The second kappa shape index (κ2) is 10.0. The number of hydrogen-bond acceptors (Lipinski definition) is 6. The van der Waals surface area contributed by atoms with Crippen LogP contribution in [-0.2, 0) is 14.8 Å². The zero-order chi connectivity index (χ0) is 22.7. The molecule has 1 saturated heterocycles. The molecule has 2 aromatic rings. The van der Waals surface area contributed by atoms with Gasteiger partial charge in [-0.2, -0.15) is 4.31 Å². The van der Waals surface area contributed by atoms with Crippen LogP contribution in [0.25, 0.3) is 0 Å². The summed E-state index contributed by atoms with van der Waals surface area (Å²) in [6, 6.07) is 12.2. The normalized spacial score (nSPS) is 20.3. The number of ether oxygens (including phenoxy) is 1. The van der Waals surface area contributed by atoms with Gasteiger partial charge in [0.2, 0.25) is 15.9 Å². The molecule has 32 heavy (non-hydrogen) atoms. The number of nitrogens with one attached hydrogen (secondary N) is 1. The van der Waals surface area contributed by atoms with E-state index in [1.54, 1.807) is 42.1 Å². The van der Waals surface area contributed by atoms with Gasteiger partial charge in [0, 0.05) is 54.3 Å². The molecule has 2 aliphatic heterocycles. The highest BCUT2D eigenvalue weighted by Gasteiger charge is 2.30. The van der Waals surface area contributed by atoms with Crippen molar-refractivity contribution in [2.24, 2.45) is 0 Å². The van der Waals surface area contributed by atoms with E-state index in [4.69, 9.17) is 16.3 Å². The molecule has 4 rings (SSSR count). The zero-order valence-corrected chi connectivity index (χ0v) is 20.2. The van der Waals surface area contributed by atoms with Crippen molar-refractivity contribution in [3.63, 3.8) is 0 Å². The van der Waals surface area contributed by atoms with Crippen LogP contribution in [-0.4, -0.2) is 68.1 Å². The summed E-state index contributed by atoms with van der Waals surface area (Å²) in [6.45, 7) is 5.34. The predicted molar refractivity (Wildman–Crippen MR) is 127 cm³/mol. The highest BCUT2D eigenvalue weighted by atomic mass is 35.5. The zero-order valence-electron chi connectivity index (χ0n) is 17.8. The van der Waals surface area contributed by atoms with Gasteiger partial charge in [0.15, 0.2) is 0 Å². The van der Waals surface area contributed by atoms with Crippen LogP contribution in [0.3, 0.4) is 0 Å². The van der Waals surface area contributed by atoms with Gasteiger partial charge in [0.1, 0.15) is 12.4 Å². The maximum atomic E-state index is 13.2. The van der Waals surface area contributed by atoms with Gasteiger partial charge in [-0.3, -0.25) is 9.69 Å². The van der Waals surface area contributed by atoms with Gasteiger partial charge in [-0.15, -0.1) is 11.8 Å².